The molecule has 144 valence electrons. The number of benzene rings is 1. The van der Waals surface area contributed by atoms with E-state index in [1.165, 1.54) is 0 Å². The lowest BCUT2D eigenvalue weighted by atomic mass is 10.1. The van der Waals surface area contributed by atoms with Gasteiger partial charge in [0.2, 0.25) is 5.95 Å². The van der Waals surface area contributed by atoms with Gasteiger partial charge in [-0.05, 0) is 19.4 Å². The van der Waals surface area contributed by atoms with E-state index in [4.69, 9.17) is 19.7 Å². The molecule has 4 aromatic rings. The fraction of sp³-hybridized carbons (Fsp3) is 0.400. The van der Waals surface area contributed by atoms with E-state index in [2.05, 4.69) is 39.6 Å². The molecule has 0 radical (unpaired) electrons. The van der Waals surface area contributed by atoms with Crippen LogP contribution >= 0.6 is 0 Å². The van der Waals surface area contributed by atoms with E-state index in [-0.39, 0.29) is 0 Å². The largest absolute Gasteiger partial charge is 0.378 e. The summed E-state index contributed by atoms with van der Waals surface area (Å²) in [4.78, 5) is 16.8. The zero-order valence-corrected chi connectivity index (χ0v) is 16.1. The number of nitrogens with zero attached hydrogens (tertiary/aromatic N) is 6. The van der Waals surface area contributed by atoms with Crippen molar-refractivity contribution in [3.8, 4) is 11.3 Å². The number of imidazole rings is 1. The summed E-state index contributed by atoms with van der Waals surface area (Å²) in [6.07, 6.45) is 4.74. The first-order chi connectivity index (χ1) is 13.8. The minimum Gasteiger partial charge on any atom is -0.378 e. The summed E-state index contributed by atoms with van der Waals surface area (Å²) in [5.74, 6) is 0.733. The van der Waals surface area contributed by atoms with Crippen molar-refractivity contribution >= 4 is 28.0 Å². The number of aromatic nitrogens is 6. The van der Waals surface area contributed by atoms with Gasteiger partial charge in [0.25, 0.3) is 0 Å². The Morgan fingerprint density at radius 2 is 2.07 bits per heavy atom. The van der Waals surface area contributed by atoms with Crippen LogP contribution in [0.2, 0.25) is 0 Å². The van der Waals surface area contributed by atoms with Crippen molar-refractivity contribution in [2.45, 2.75) is 26.3 Å². The third-order valence-electron chi connectivity index (χ3n) is 5.51. The fourth-order valence-corrected chi connectivity index (χ4v) is 3.69. The van der Waals surface area contributed by atoms with Gasteiger partial charge in [0, 0.05) is 30.1 Å². The molecule has 28 heavy (non-hydrogen) atoms. The number of nitrogens with one attached hydrogen (secondary N) is 1. The number of morpholine rings is 1. The first-order valence-corrected chi connectivity index (χ1v) is 9.76. The van der Waals surface area contributed by atoms with Gasteiger partial charge in [0.15, 0.2) is 5.65 Å². The van der Waals surface area contributed by atoms with Crippen molar-refractivity contribution in [2.75, 3.05) is 31.2 Å². The average molecular weight is 377 g/mol. The van der Waals surface area contributed by atoms with E-state index >= 15 is 0 Å². The Bertz CT molecular complexity index is 1130. The second-order valence-electron chi connectivity index (χ2n) is 7.19. The van der Waals surface area contributed by atoms with Gasteiger partial charge in [-0.1, -0.05) is 19.1 Å². The highest BCUT2D eigenvalue weighted by atomic mass is 16.5. The summed E-state index contributed by atoms with van der Waals surface area (Å²) in [5.41, 5.74) is 4.55. The fourth-order valence-electron chi connectivity index (χ4n) is 3.69. The Labute approximate surface area is 162 Å². The lowest BCUT2D eigenvalue weighted by Gasteiger charge is -2.27. The minimum absolute atomic E-state index is 0.315. The Morgan fingerprint density at radius 1 is 1.21 bits per heavy atom. The lowest BCUT2D eigenvalue weighted by Crippen LogP contribution is -2.37. The first kappa shape index (κ1) is 17.1. The van der Waals surface area contributed by atoms with Crippen molar-refractivity contribution < 1.29 is 4.74 Å². The van der Waals surface area contributed by atoms with E-state index in [9.17, 15) is 0 Å². The van der Waals surface area contributed by atoms with Gasteiger partial charge >= 0.3 is 0 Å². The third kappa shape index (κ3) is 2.72. The summed E-state index contributed by atoms with van der Waals surface area (Å²) >= 11 is 0. The van der Waals surface area contributed by atoms with Crippen molar-refractivity contribution in [1.82, 2.24) is 29.7 Å². The molecule has 1 unspecified atom stereocenters. The van der Waals surface area contributed by atoms with Crippen LogP contribution < -0.4 is 4.90 Å². The van der Waals surface area contributed by atoms with Gasteiger partial charge < -0.3 is 14.2 Å². The zero-order chi connectivity index (χ0) is 19.1. The second-order valence-corrected chi connectivity index (χ2v) is 7.19. The number of aromatic amines is 1. The molecule has 0 saturated carbocycles. The van der Waals surface area contributed by atoms with Crippen LogP contribution in [0.5, 0.6) is 0 Å². The highest BCUT2D eigenvalue weighted by Gasteiger charge is 2.22. The molecule has 1 aliphatic heterocycles. The van der Waals surface area contributed by atoms with Crippen molar-refractivity contribution in [2.24, 2.45) is 0 Å². The van der Waals surface area contributed by atoms with E-state index in [0.717, 1.165) is 58.8 Å². The van der Waals surface area contributed by atoms with E-state index in [1.54, 1.807) is 0 Å². The van der Waals surface area contributed by atoms with Crippen molar-refractivity contribution in [3.63, 3.8) is 0 Å². The maximum atomic E-state index is 5.51. The number of ether oxygens (including phenoxy) is 1. The lowest BCUT2D eigenvalue weighted by molar-refractivity contribution is 0.122. The summed E-state index contributed by atoms with van der Waals surface area (Å²) in [6, 6.07) is 6.43. The monoisotopic (exact) mass is 377 g/mol. The maximum absolute atomic E-state index is 5.51. The van der Waals surface area contributed by atoms with Crippen LogP contribution in [0.3, 0.4) is 0 Å². The minimum atomic E-state index is 0.315. The van der Waals surface area contributed by atoms with Crippen LogP contribution in [0.4, 0.5) is 5.95 Å². The van der Waals surface area contributed by atoms with Gasteiger partial charge in [-0.15, -0.1) is 0 Å². The molecule has 8 heteroatoms. The first-order valence-electron chi connectivity index (χ1n) is 9.76. The summed E-state index contributed by atoms with van der Waals surface area (Å²) in [7, 11) is 0. The normalized spacial score (nSPS) is 16.1. The standard InChI is InChI=1S/C20H23N7O/c1-3-13(2)27-12-21-18-17(14-5-4-6-16-15(14)11-22-25-16)23-20(24-19(18)27)26-7-9-28-10-8-26/h4-6,11-13H,3,7-10H2,1-2H3,(H,22,25). The molecule has 0 aliphatic carbocycles. The Balaban J connectivity index is 1.77. The summed E-state index contributed by atoms with van der Waals surface area (Å²) < 4.78 is 7.66. The predicted octanol–water partition coefficient (Wildman–Crippen LogP) is 3.18. The van der Waals surface area contributed by atoms with Gasteiger partial charge in [-0.2, -0.15) is 10.1 Å². The van der Waals surface area contributed by atoms with E-state index < -0.39 is 0 Å². The zero-order valence-electron chi connectivity index (χ0n) is 16.1. The molecule has 5 rings (SSSR count). The average Bonchev–Trinajstić information content (AvgIpc) is 3.40. The molecular weight excluding hydrogens is 354 g/mol. The number of hydrogen-bond acceptors (Lipinski definition) is 6. The van der Waals surface area contributed by atoms with Crippen LogP contribution in [-0.4, -0.2) is 56.0 Å². The Kier molecular flexibility index (Phi) is 4.20. The van der Waals surface area contributed by atoms with E-state index in [0.29, 0.717) is 19.3 Å². The topological polar surface area (TPSA) is 84.8 Å². The molecule has 0 spiro atoms. The molecule has 8 nitrogen and oxygen atoms in total. The van der Waals surface area contributed by atoms with Crippen LogP contribution in [0.25, 0.3) is 33.3 Å². The van der Waals surface area contributed by atoms with Gasteiger partial charge in [0.05, 0.1) is 31.3 Å². The molecule has 1 aliphatic rings. The molecule has 1 aromatic carbocycles. The Hall–Kier alpha value is -3.00. The quantitative estimate of drug-likeness (QED) is 0.588. The van der Waals surface area contributed by atoms with Crippen LogP contribution in [0.15, 0.2) is 30.7 Å². The molecule has 1 fully saturated rings. The molecule has 1 saturated heterocycles. The number of hydrogen-bond donors (Lipinski definition) is 1. The van der Waals surface area contributed by atoms with Crippen LogP contribution in [0, 0.1) is 0 Å². The summed E-state index contributed by atoms with van der Waals surface area (Å²) in [5, 5.41) is 8.28. The number of anilines is 1. The van der Waals surface area contributed by atoms with E-state index in [1.807, 2.05) is 24.7 Å². The number of rotatable bonds is 4. The van der Waals surface area contributed by atoms with Crippen molar-refractivity contribution in [3.05, 3.63) is 30.7 Å². The number of H-pyrrole nitrogens is 1. The third-order valence-corrected chi connectivity index (χ3v) is 5.51. The highest BCUT2D eigenvalue weighted by Crippen LogP contribution is 2.33. The highest BCUT2D eigenvalue weighted by molar-refractivity contribution is 6.00. The molecule has 0 bridgehead atoms. The SMILES string of the molecule is CCC(C)n1cnc2c(-c3cccc4[nH]ncc34)nc(N3CCOCC3)nc21. The molecule has 1 atom stereocenters. The number of fused-ring (bicyclic) bond motifs is 2. The Morgan fingerprint density at radius 3 is 2.89 bits per heavy atom. The maximum Gasteiger partial charge on any atom is 0.228 e. The molecule has 3 aromatic heterocycles. The van der Waals surface area contributed by atoms with Crippen molar-refractivity contribution in [1.29, 1.82) is 0 Å². The molecule has 4 heterocycles. The molecule has 1 N–H and O–H groups in total. The van der Waals surface area contributed by atoms with Gasteiger partial charge in [-0.25, -0.2) is 9.97 Å². The molecular formula is C20H23N7O. The van der Waals surface area contributed by atoms with Crippen LogP contribution in [-0.2, 0) is 4.74 Å². The van der Waals surface area contributed by atoms with Crippen LogP contribution in [0.1, 0.15) is 26.3 Å². The summed E-state index contributed by atoms with van der Waals surface area (Å²) in [6.45, 7) is 7.33. The molecule has 0 amide bonds. The second kappa shape index (κ2) is 6.87. The van der Waals surface area contributed by atoms with Gasteiger partial charge in [0.1, 0.15) is 11.2 Å². The predicted molar refractivity (Wildman–Crippen MR) is 108 cm³/mol. The smallest absolute Gasteiger partial charge is 0.228 e. The van der Waals surface area contributed by atoms with Gasteiger partial charge in [-0.3, -0.25) is 5.10 Å².